The summed E-state index contributed by atoms with van der Waals surface area (Å²) in [4.78, 5) is 22.9. The smallest absolute Gasteiger partial charge is 0.418 e. The summed E-state index contributed by atoms with van der Waals surface area (Å²) in [7, 11) is -3.68. The highest BCUT2D eigenvalue weighted by Gasteiger charge is 2.28. The molecule has 7 nitrogen and oxygen atoms in total. The molecule has 1 aromatic heterocycles. The van der Waals surface area contributed by atoms with Gasteiger partial charge in [0.25, 0.3) is 5.56 Å². The van der Waals surface area contributed by atoms with Gasteiger partial charge in [-0.3, -0.25) is 4.79 Å². The van der Waals surface area contributed by atoms with Crippen LogP contribution < -0.4 is 10.3 Å². The third kappa shape index (κ3) is 2.55. The Morgan fingerprint density at radius 2 is 2.00 bits per heavy atom. The van der Waals surface area contributed by atoms with E-state index >= 15 is 0 Å². The summed E-state index contributed by atoms with van der Waals surface area (Å²) in [5.74, 6) is 0. The summed E-state index contributed by atoms with van der Waals surface area (Å²) in [6.07, 6.45) is 1.34. The molecule has 2 N–H and O–H groups in total. The molecule has 0 amide bonds. The van der Waals surface area contributed by atoms with E-state index in [0.29, 0.717) is 9.95 Å². The molecule has 0 saturated heterocycles. The molecule has 1 heterocycles. The van der Waals surface area contributed by atoms with Crippen LogP contribution in [0.2, 0.25) is 0 Å². The normalized spacial score (nSPS) is 15.2. The van der Waals surface area contributed by atoms with E-state index in [1.165, 1.54) is 24.3 Å². The molecule has 3 rings (SSSR count). The number of nitrogens with one attached hydrogen (secondary N) is 1. The van der Waals surface area contributed by atoms with E-state index in [0.717, 1.165) is 19.0 Å². The molecule has 2 aromatic rings. The Labute approximate surface area is 119 Å². The second kappa shape index (κ2) is 4.68. The van der Waals surface area contributed by atoms with Gasteiger partial charge in [0.2, 0.25) is 10.0 Å². The van der Waals surface area contributed by atoms with Crippen LogP contribution in [0.25, 0.3) is 10.8 Å². The summed E-state index contributed by atoms with van der Waals surface area (Å²) < 4.78 is 27.3. The number of aromatic nitrogens is 1. The van der Waals surface area contributed by atoms with Crippen LogP contribution in [-0.2, 0) is 10.0 Å². The van der Waals surface area contributed by atoms with Gasteiger partial charge in [0.1, 0.15) is 0 Å². The van der Waals surface area contributed by atoms with Crippen molar-refractivity contribution in [1.82, 2.24) is 9.29 Å². The van der Waals surface area contributed by atoms with Crippen molar-refractivity contribution in [2.45, 2.75) is 23.8 Å². The number of pyridine rings is 1. The average Bonchev–Trinajstić information content (AvgIpc) is 3.21. The lowest BCUT2D eigenvalue weighted by molar-refractivity contribution is 0.195. The number of hydrogen-bond donors (Lipinski definition) is 2. The van der Waals surface area contributed by atoms with Crippen LogP contribution in [-0.4, -0.2) is 30.2 Å². The van der Waals surface area contributed by atoms with E-state index in [9.17, 15) is 18.0 Å². The number of fused-ring (bicyclic) bond motifs is 1. The Morgan fingerprint density at radius 1 is 1.29 bits per heavy atom. The lowest BCUT2D eigenvalue weighted by Crippen LogP contribution is -2.27. The zero-order valence-corrected chi connectivity index (χ0v) is 11.6. The summed E-state index contributed by atoms with van der Waals surface area (Å²) >= 11 is 0. The number of nitrogens with zero attached hydrogens (tertiary/aromatic N) is 1. The van der Waals surface area contributed by atoms with Crippen molar-refractivity contribution in [1.29, 1.82) is 0 Å². The number of carboxylic acid groups (broad SMARTS) is 1. The van der Waals surface area contributed by atoms with Crippen LogP contribution in [0, 0.1) is 0 Å². The monoisotopic (exact) mass is 308 g/mol. The van der Waals surface area contributed by atoms with Gasteiger partial charge in [-0.25, -0.2) is 22.5 Å². The second-order valence-electron chi connectivity index (χ2n) is 4.92. The molecule has 0 atom stereocenters. The number of hydrogen-bond acceptors (Lipinski definition) is 4. The Hall–Kier alpha value is -2.19. The molecule has 0 unspecified atom stereocenters. The largest absolute Gasteiger partial charge is 0.464 e. The Kier molecular flexibility index (Phi) is 3.07. The van der Waals surface area contributed by atoms with E-state index in [1.807, 2.05) is 0 Å². The van der Waals surface area contributed by atoms with Crippen LogP contribution >= 0.6 is 0 Å². The van der Waals surface area contributed by atoms with Crippen molar-refractivity contribution in [3.63, 3.8) is 0 Å². The fourth-order valence-electron chi connectivity index (χ4n) is 2.02. The van der Waals surface area contributed by atoms with Crippen LogP contribution in [0.15, 0.2) is 40.2 Å². The topological polar surface area (TPSA) is 105 Å². The molecule has 1 aromatic carbocycles. The third-order valence-electron chi connectivity index (χ3n) is 3.29. The molecule has 1 aliphatic rings. The Bertz CT molecular complexity index is 896. The molecule has 1 fully saturated rings. The molecule has 1 aliphatic carbocycles. The third-order valence-corrected chi connectivity index (χ3v) is 4.81. The lowest BCUT2D eigenvalue weighted by atomic mass is 10.2. The van der Waals surface area contributed by atoms with E-state index in [4.69, 9.17) is 5.11 Å². The molecule has 0 bridgehead atoms. The number of benzene rings is 1. The highest BCUT2D eigenvalue weighted by atomic mass is 32.2. The van der Waals surface area contributed by atoms with Gasteiger partial charge in [-0.1, -0.05) is 6.07 Å². The van der Waals surface area contributed by atoms with Crippen molar-refractivity contribution >= 4 is 26.9 Å². The van der Waals surface area contributed by atoms with Crippen molar-refractivity contribution in [2.24, 2.45) is 0 Å². The minimum Gasteiger partial charge on any atom is -0.464 e. The molecule has 21 heavy (non-hydrogen) atoms. The maximum absolute atomic E-state index is 12.1. The van der Waals surface area contributed by atoms with Crippen LogP contribution in [0.3, 0.4) is 0 Å². The zero-order chi connectivity index (χ0) is 15.2. The summed E-state index contributed by atoms with van der Waals surface area (Å²) in [5, 5.41) is 9.46. The van der Waals surface area contributed by atoms with Crippen molar-refractivity contribution in [3.8, 4) is 0 Å². The van der Waals surface area contributed by atoms with Gasteiger partial charge in [-0.2, -0.15) is 0 Å². The van der Waals surface area contributed by atoms with Gasteiger partial charge >= 0.3 is 6.09 Å². The minimum absolute atomic E-state index is 0.0397. The molecule has 110 valence electrons. The fraction of sp³-hybridized carbons (Fsp3) is 0.231. The van der Waals surface area contributed by atoms with Crippen molar-refractivity contribution in [2.75, 3.05) is 0 Å². The maximum atomic E-state index is 12.1. The summed E-state index contributed by atoms with van der Waals surface area (Å²) in [6.45, 7) is 0. The fourth-order valence-corrected chi connectivity index (χ4v) is 3.36. The van der Waals surface area contributed by atoms with Crippen LogP contribution in [0.1, 0.15) is 12.8 Å². The summed E-state index contributed by atoms with van der Waals surface area (Å²) in [6, 6.07) is 5.51. The van der Waals surface area contributed by atoms with E-state index < -0.39 is 21.7 Å². The lowest BCUT2D eigenvalue weighted by Gasteiger charge is -2.07. The van der Waals surface area contributed by atoms with Crippen LogP contribution in [0.5, 0.6) is 0 Å². The quantitative estimate of drug-likeness (QED) is 0.879. The molecular weight excluding hydrogens is 296 g/mol. The van der Waals surface area contributed by atoms with Crippen LogP contribution in [0.4, 0.5) is 4.79 Å². The summed E-state index contributed by atoms with van der Waals surface area (Å²) in [5.41, 5.74) is -0.761. The van der Waals surface area contributed by atoms with Gasteiger partial charge in [0, 0.05) is 17.6 Å². The standard InChI is InChI=1S/C13H12N2O5S/c16-12-11-7-10(21(19,20)14-9-2-3-9)4-1-8(11)5-6-15(12)13(17)18/h1,4-7,9,14H,2-3H2,(H,17,18). The van der Waals surface area contributed by atoms with Gasteiger partial charge in [-0.15, -0.1) is 0 Å². The number of carbonyl (C=O) groups is 1. The first kappa shape index (κ1) is 13.8. The predicted octanol–water partition coefficient (Wildman–Crippen LogP) is 0.968. The van der Waals surface area contributed by atoms with Crippen molar-refractivity contribution < 1.29 is 18.3 Å². The van der Waals surface area contributed by atoms with E-state index in [1.54, 1.807) is 0 Å². The Balaban J connectivity index is 2.16. The first-order chi connectivity index (χ1) is 9.88. The molecule has 8 heteroatoms. The molecule has 0 aliphatic heterocycles. The van der Waals surface area contributed by atoms with E-state index in [2.05, 4.69) is 4.72 Å². The van der Waals surface area contributed by atoms with E-state index in [-0.39, 0.29) is 16.3 Å². The highest BCUT2D eigenvalue weighted by molar-refractivity contribution is 7.89. The molecule has 1 saturated carbocycles. The SMILES string of the molecule is O=C(O)n1ccc2ccc(S(=O)(=O)NC3CC3)cc2c1=O. The molecular formula is C13H12N2O5S. The van der Waals surface area contributed by atoms with Gasteiger partial charge in [0.15, 0.2) is 0 Å². The minimum atomic E-state index is -3.68. The number of rotatable bonds is 3. The first-order valence-corrected chi connectivity index (χ1v) is 7.78. The predicted molar refractivity (Wildman–Crippen MR) is 75.0 cm³/mol. The average molecular weight is 308 g/mol. The van der Waals surface area contributed by atoms with Crippen molar-refractivity contribution in [3.05, 3.63) is 40.8 Å². The van der Waals surface area contributed by atoms with Gasteiger partial charge < -0.3 is 5.11 Å². The highest BCUT2D eigenvalue weighted by Crippen LogP contribution is 2.23. The maximum Gasteiger partial charge on any atom is 0.418 e. The number of sulfonamides is 1. The van der Waals surface area contributed by atoms with Gasteiger partial charge in [-0.05, 0) is 36.4 Å². The zero-order valence-electron chi connectivity index (χ0n) is 10.8. The second-order valence-corrected chi connectivity index (χ2v) is 6.63. The van der Waals surface area contributed by atoms with Gasteiger partial charge in [0.05, 0.1) is 4.90 Å². The Morgan fingerprint density at radius 3 is 2.62 bits per heavy atom. The molecule has 0 radical (unpaired) electrons. The first-order valence-electron chi connectivity index (χ1n) is 6.29. The molecule has 0 spiro atoms.